The Morgan fingerprint density at radius 3 is 2.81 bits per heavy atom. The van der Waals surface area contributed by atoms with Gasteiger partial charge in [0.2, 0.25) is 5.88 Å². The number of methoxy groups -OCH3 is 1. The van der Waals surface area contributed by atoms with E-state index in [2.05, 4.69) is 72.9 Å². The predicted octanol–water partition coefficient (Wildman–Crippen LogP) is 3.94. The maximum absolute atomic E-state index is 5.37. The predicted molar refractivity (Wildman–Crippen MR) is 95.6 cm³/mol. The number of nitrogens with zero attached hydrogens (tertiary/aromatic N) is 2. The van der Waals surface area contributed by atoms with Crippen LogP contribution in [-0.4, -0.2) is 23.6 Å². The highest BCUT2D eigenvalue weighted by molar-refractivity contribution is 14.1. The van der Waals surface area contributed by atoms with E-state index in [0.29, 0.717) is 5.88 Å². The lowest BCUT2D eigenvalue weighted by Crippen LogP contribution is -2.25. The number of aromatic nitrogens is 2. The molecule has 0 bridgehead atoms. The van der Waals surface area contributed by atoms with Crippen LogP contribution in [0.25, 0.3) is 0 Å². The molecule has 0 spiro atoms. The summed E-state index contributed by atoms with van der Waals surface area (Å²) in [6.45, 7) is 3.04. The van der Waals surface area contributed by atoms with Crippen molar-refractivity contribution in [1.29, 1.82) is 0 Å². The molecule has 0 saturated heterocycles. The molecule has 21 heavy (non-hydrogen) atoms. The maximum Gasteiger partial charge on any atom is 0.237 e. The van der Waals surface area contributed by atoms with E-state index in [1.807, 2.05) is 6.07 Å². The van der Waals surface area contributed by atoms with Gasteiger partial charge in [0.15, 0.2) is 0 Å². The van der Waals surface area contributed by atoms with Gasteiger partial charge in [0, 0.05) is 20.4 Å². The summed E-state index contributed by atoms with van der Waals surface area (Å²) in [6, 6.07) is 6.20. The van der Waals surface area contributed by atoms with Gasteiger partial charge in [-0.3, -0.25) is 4.98 Å². The summed E-state index contributed by atoms with van der Waals surface area (Å²) in [4.78, 5) is 8.75. The van der Waals surface area contributed by atoms with Crippen molar-refractivity contribution in [3.63, 3.8) is 0 Å². The van der Waals surface area contributed by atoms with Crippen molar-refractivity contribution in [2.45, 2.75) is 19.4 Å². The van der Waals surface area contributed by atoms with Crippen LogP contribution in [0.5, 0.6) is 5.88 Å². The van der Waals surface area contributed by atoms with Gasteiger partial charge in [-0.15, -0.1) is 0 Å². The number of rotatable bonds is 6. The fraction of sp³-hybridized carbons (Fsp3) is 0.333. The van der Waals surface area contributed by atoms with E-state index >= 15 is 0 Å². The Hall–Kier alpha value is -0.730. The molecule has 0 fully saturated rings. The second-order valence-corrected chi connectivity index (χ2v) is 6.58. The molecule has 6 heteroatoms. The van der Waals surface area contributed by atoms with Crippen molar-refractivity contribution in [2.75, 3.05) is 13.7 Å². The second-order valence-electron chi connectivity index (χ2n) is 4.50. The Labute approximate surface area is 147 Å². The Morgan fingerprint density at radius 1 is 1.33 bits per heavy atom. The standard InChI is InChI=1S/C15H17BrIN3O/c1-3-6-18-13(11-9-10(16)4-5-12(11)17)14-15(21-2)20-8-7-19-14/h4-5,7-9,13,18H,3,6H2,1-2H3. The largest absolute Gasteiger partial charge is 0.480 e. The summed E-state index contributed by atoms with van der Waals surface area (Å²) in [7, 11) is 1.62. The van der Waals surface area contributed by atoms with Crippen LogP contribution in [0.15, 0.2) is 35.1 Å². The molecule has 0 aliphatic rings. The third-order valence-corrected chi connectivity index (χ3v) is 4.50. The van der Waals surface area contributed by atoms with Gasteiger partial charge in [-0.05, 0) is 59.3 Å². The summed E-state index contributed by atoms with van der Waals surface area (Å²) in [5.74, 6) is 0.557. The van der Waals surface area contributed by atoms with Crippen molar-refractivity contribution in [3.8, 4) is 5.88 Å². The van der Waals surface area contributed by atoms with E-state index in [0.717, 1.165) is 28.7 Å². The quantitative estimate of drug-likeness (QED) is 0.662. The first-order valence-corrected chi connectivity index (χ1v) is 8.57. The smallest absolute Gasteiger partial charge is 0.237 e. The number of hydrogen-bond acceptors (Lipinski definition) is 4. The first-order valence-electron chi connectivity index (χ1n) is 6.70. The minimum Gasteiger partial charge on any atom is -0.480 e. The monoisotopic (exact) mass is 461 g/mol. The van der Waals surface area contributed by atoms with Crippen molar-refractivity contribution in [1.82, 2.24) is 15.3 Å². The molecule has 112 valence electrons. The van der Waals surface area contributed by atoms with Crippen molar-refractivity contribution in [3.05, 3.63) is 49.9 Å². The Kier molecular flexibility index (Phi) is 6.38. The van der Waals surface area contributed by atoms with E-state index in [4.69, 9.17) is 4.74 Å². The third kappa shape index (κ3) is 4.14. The Bertz CT molecular complexity index is 609. The molecule has 1 aromatic carbocycles. The second kappa shape index (κ2) is 8.05. The zero-order valence-electron chi connectivity index (χ0n) is 11.9. The van der Waals surface area contributed by atoms with Crippen LogP contribution in [0.1, 0.15) is 30.6 Å². The lowest BCUT2D eigenvalue weighted by molar-refractivity contribution is 0.382. The van der Waals surface area contributed by atoms with Crippen molar-refractivity contribution < 1.29 is 4.74 Å². The van der Waals surface area contributed by atoms with E-state index in [-0.39, 0.29) is 6.04 Å². The Morgan fingerprint density at radius 2 is 2.10 bits per heavy atom. The minimum absolute atomic E-state index is 0.0435. The van der Waals surface area contributed by atoms with Crippen LogP contribution in [0.3, 0.4) is 0 Å². The van der Waals surface area contributed by atoms with E-state index in [9.17, 15) is 0 Å². The van der Waals surface area contributed by atoms with E-state index in [1.165, 1.54) is 3.57 Å². The molecule has 1 heterocycles. The number of nitrogens with one attached hydrogen (secondary N) is 1. The molecule has 1 unspecified atom stereocenters. The van der Waals surface area contributed by atoms with Crippen molar-refractivity contribution >= 4 is 38.5 Å². The van der Waals surface area contributed by atoms with Gasteiger partial charge in [-0.2, -0.15) is 0 Å². The first kappa shape index (κ1) is 16.6. The summed E-state index contributed by atoms with van der Waals surface area (Å²) < 4.78 is 7.59. The van der Waals surface area contributed by atoms with Gasteiger partial charge in [0.1, 0.15) is 5.69 Å². The van der Waals surface area contributed by atoms with Crippen LogP contribution >= 0.6 is 38.5 Å². The highest BCUT2D eigenvalue weighted by Crippen LogP contribution is 2.31. The van der Waals surface area contributed by atoms with Crippen LogP contribution in [0, 0.1) is 3.57 Å². The van der Waals surface area contributed by atoms with E-state index < -0.39 is 0 Å². The molecule has 0 aliphatic carbocycles. The fourth-order valence-electron chi connectivity index (χ4n) is 2.07. The van der Waals surface area contributed by atoms with Gasteiger partial charge < -0.3 is 10.1 Å². The highest BCUT2D eigenvalue weighted by Gasteiger charge is 2.22. The molecular weight excluding hydrogens is 445 g/mol. The minimum atomic E-state index is -0.0435. The van der Waals surface area contributed by atoms with Gasteiger partial charge in [-0.25, -0.2) is 4.98 Å². The molecule has 1 aromatic heterocycles. The lowest BCUT2D eigenvalue weighted by atomic mass is 10.0. The van der Waals surface area contributed by atoms with E-state index in [1.54, 1.807) is 19.5 Å². The normalized spacial score (nSPS) is 12.2. The van der Waals surface area contributed by atoms with Crippen LogP contribution in [-0.2, 0) is 0 Å². The molecule has 1 N–H and O–H groups in total. The molecule has 1 atom stereocenters. The van der Waals surface area contributed by atoms with Gasteiger partial charge in [0.25, 0.3) is 0 Å². The average molecular weight is 462 g/mol. The summed E-state index contributed by atoms with van der Waals surface area (Å²) in [6.07, 6.45) is 4.39. The average Bonchev–Trinajstić information content (AvgIpc) is 2.51. The molecule has 0 amide bonds. The van der Waals surface area contributed by atoms with Crippen LogP contribution < -0.4 is 10.1 Å². The summed E-state index contributed by atoms with van der Waals surface area (Å²) >= 11 is 5.89. The fourth-order valence-corrected chi connectivity index (χ4v) is 3.10. The van der Waals surface area contributed by atoms with Gasteiger partial charge >= 0.3 is 0 Å². The molecule has 0 aliphatic heterocycles. The zero-order valence-corrected chi connectivity index (χ0v) is 15.7. The molecule has 0 saturated carbocycles. The number of benzene rings is 1. The topological polar surface area (TPSA) is 47.0 Å². The summed E-state index contributed by atoms with van der Waals surface area (Å²) in [5.41, 5.74) is 1.97. The van der Waals surface area contributed by atoms with Crippen LogP contribution in [0.4, 0.5) is 0 Å². The van der Waals surface area contributed by atoms with Crippen molar-refractivity contribution in [2.24, 2.45) is 0 Å². The molecule has 2 aromatic rings. The molecule has 0 radical (unpaired) electrons. The number of hydrogen-bond donors (Lipinski definition) is 1. The summed E-state index contributed by atoms with van der Waals surface area (Å²) in [5, 5.41) is 3.54. The highest BCUT2D eigenvalue weighted by atomic mass is 127. The number of halogens is 2. The van der Waals surface area contributed by atoms with Gasteiger partial charge in [0.05, 0.1) is 13.2 Å². The molecule has 2 rings (SSSR count). The van der Waals surface area contributed by atoms with Crippen LogP contribution in [0.2, 0.25) is 0 Å². The molecular formula is C15H17BrIN3O. The Balaban J connectivity index is 2.49. The zero-order chi connectivity index (χ0) is 15.2. The third-order valence-electron chi connectivity index (χ3n) is 3.03. The first-order chi connectivity index (χ1) is 10.2. The SMILES string of the molecule is CCCNC(c1cc(Br)ccc1I)c1nccnc1OC. The maximum atomic E-state index is 5.37. The van der Waals surface area contributed by atoms with Gasteiger partial charge in [-0.1, -0.05) is 22.9 Å². The lowest BCUT2D eigenvalue weighted by Gasteiger charge is -2.21. The number of ether oxygens (including phenoxy) is 1. The molecule has 4 nitrogen and oxygen atoms in total.